The summed E-state index contributed by atoms with van der Waals surface area (Å²) in [5, 5.41) is 7.63. The zero-order valence-electron chi connectivity index (χ0n) is 18.0. The number of nitrogens with one attached hydrogen (secondary N) is 2. The summed E-state index contributed by atoms with van der Waals surface area (Å²) < 4.78 is 0. The van der Waals surface area contributed by atoms with E-state index in [0.717, 1.165) is 37.6 Å². The van der Waals surface area contributed by atoms with Crippen molar-refractivity contribution in [2.75, 3.05) is 43.4 Å². The van der Waals surface area contributed by atoms with E-state index in [1.54, 1.807) is 12.3 Å². The number of amides is 2. The van der Waals surface area contributed by atoms with Crippen LogP contribution in [0.5, 0.6) is 0 Å². The van der Waals surface area contributed by atoms with Crippen molar-refractivity contribution < 1.29 is 9.59 Å². The largest absolute Gasteiger partial charge is 0.354 e. The molecule has 2 amide bonds. The molecule has 7 nitrogen and oxygen atoms in total. The first-order valence-corrected chi connectivity index (χ1v) is 11.5. The van der Waals surface area contributed by atoms with Gasteiger partial charge in [0.25, 0.3) is 5.91 Å². The number of benzene rings is 1. The van der Waals surface area contributed by atoms with Crippen molar-refractivity contribution in [1.82, 2.24) is 15.2 Å². The fourth-order valence-electron chi connectivity index (χ4n) is 3.61. The highest BCUT2D eigenvalue weighted by atomic mass is 32.1. The van der Waals surface area contributed by atoms with Crippen LogP contribution in [0.15, 0.2) is 66.2 Å². The van der Waals surface area contributed by atoms with Crippen LogP contribution in [0.4, 0.5) is 11.5 Å². The van der Waals surface area contributed by atoms with Gasteiger partial charge in [0.1, 0.15) is 11.9 Å². The monoisotopic (exact) mass is 449 g/mol. The average molecular weight is 450 g/mol. The highest BCUT2D eigenvalue weighted by Gasteiger charge is 2.23. The molecule has 1 aliphatic rings. The summed E-state index contributed by atoms with van der Waals surface area (Å²) in [6.07, 6.45) is 2.07. The van der Waals surface area contributed by atoms with E-state index >= 15 is 0 Å². The first-order chi connectivity index (χ1) is 15.6. The van der Waals surface area contributed by atoms with E-state index in [4.69, 9.17) is 0 Å². The predicted molar refractivity (Wildman–Crippen MR) is 128 cm³/mol. The second-order valence-corrected chi connectivity index (χ2v) is 8.83. The van der Waals surface area contributed by atoms with Crippen molar-refractivity contribution >= 4 is 34.7 Å². The summed E-state index contributed by atoms with van der Waals surface area (Å²) in [7, 11) is 2.12. The first-order valence-electron chi connectivity index (χ1n) is 10.7. The number of rotatable bonds is 7. The van der Waals surface area contributed by atoms with Crippen molar-refractivity contribution in [3.05, 3.63) is 76.6 Å². The number of pyridine rings is 1. The number of carbonyl (C=O) groups is 2. The maximum atomic E-state index is 13.1. The lowest BCUT2D eigenvalue weighted by molar-refractivity contribution is -0.118. The summed E-state index contributed by atoms with van der Waals surface area (Å²) in [5.74, 6) is 0.385. The number of likely N-dealkylation sites (N-methyl/N-ethyl adjacent to an activating group) is 1. The summed E-state index contributed by atoms with van der Waals surface area (Å²) >= 11 is 1.35. The molecule has 0 spiro atoms. The van der Waals surface area contributed by atoms with Gasteiger partial charge in [0.15, 0.2) is 0 Å². The molecule has 1 aliphatic heterocycles. The molecule has 1 aromatic carbocycles. The van der Waals surface area contributed by atoms with E-state index in [1.807, 2.05) is 53.9 Å². The number of aromatic nitrogens is 1. The topological polar surface area (TPSA) is 77.6 Å². The maximum absolute atomic E-state index is 13.1. The Balaban J connectivity index is 1.43. The first kappa shape index (κ1) is 22.0. The summed E-state index contributed by atoms with van der Waals surface area (Å²) in [6.45, 7) is 3.88. The number of thiophene rings is 1. The van der Waals surface area contributed by atoms with Crippen molar-refractivity contribution in [2.24, 2.45) is 0 Å². The Hall–Kier alpha value is -3.23. The van der Waals surface area contributed by atoms with E-state index in [9.17, 15) is 9.59 Å². The van der Waals surface area contributed by atoms with Gasteiger partial charge < -0.3 is 20.4 Å². The molecule has 0 radical (unpaired) electrons. The molecule has 1 saturated heterocycles. The van der Waals surface area contributed by atoms with Crippen molar-refractivity contribution in [1.29, 1.82) is 0 Å². The van der Waals surface area contributed by atoms with Gasteiger partial charge in [0.05, 0.1) is 16.8 Å². The van der Waals surface area contributed by atoms with Gasteiger partial charge in [-0.1, -0.05) is 36.4 Å². The van der Waals surface area contributed by atoms with Crippen LogP contribution in [0, 0.1) is 0 Å². The van der Waals surface area contributed by atoms with Gasteiger partial charge in [-0.2, -0.15) is 0 Å². The maximum Gasteiger partial charge on any atom is 0.262 e. The van der Waals surface area contributed by atoms with Gasteiger partial charge in [-0.3, -0.25) is 9.59 Å². The van der Waals surface area contributed by atoms with Crippen LogP contribution >= 0.6 is 11.3 Å². The van der Waals surface area contributed by atoms with Crippen molar-refractivity contribution in [3.63, 3.8) is 0 Å². The molecule has 4 rings (SSSR count). The molecule has 166 valence electrons. The fourth-order valence-corrected chi connectivity index (χ4v) is 4.24. The Morgan fingerprint density at radius 2 is 1.81 bits per heavy atom. The van der Waals surface area contributed by atoms with Gasteiger partial charge in [-0.15, -0.1) is 11.3 Å². The fraction of sp³-hybridized carbons (Fsp3) is 0.292. The second kappa shape index (κ2) is 10.4. The lowest BCUT2D eigenvalue weighted by Crippen LogP contribution is -2.45. The molecular formula is C24H27N5O2S. The molecular weight excluding hydrogens is 422 g/mol. The highest BCUT2D eigenvalue weighted by molar-refractivity contribution is 7.12. The summed E-state index contributed by atoms with van der Waals surface area (Å²) in [5.41, 5.74) is 1.58. The van der Waals surface area contributed by atoms with Crippen LogP contribution in [0.25, 0.3) is 0 Å². The molecule has 3 heterocycles. The highest BCUT2D eigenvalue weighted by Crippen LogP contribution is 2.17. The van der Waals surface area contributed by atoms with Crippen molar-refractivity contribution in [3.8, 4) is 0 Å². The summed E-state index contributed by atoms with van der Waals surface area (Å²) in [6, 6.07) is 16.3. The molecule has 3 aromatic rings. The van der Waals surface area contributed by atoms with E-state index in [-0.39, 0.29) is 11.8 Å². The van der Waals surface area contributed by atoms with Crippen LogP contribution in [0.1, 0.15) is 15.2 Å². The van der Waals surface area contributed by atoms with Gasteiger partial charge in [-0.25, -0.2) is 4.98 Å². The van der Waals surface area contributed by atoms with Gasteiger partial charge >= 0.3 is 0 Å². The third-order valence-electron chi connectivity index (χ3n) is 5.49. The number of hydrogen-bond acceptors (Lipinski definition) is 6. The van der Waals surface area contributed by atoms with E-state index in [1.165, 1.54) is 11.3 Å². The average Bonchev–Trinajstić information content (AvgIpc) is 3.36. The number of carbonyl (C=O) groups excluding carboxylic acids is 2. The van der Waals surface area contributed by atoms with E-state index in [0.29, 0.717) is 17.0 Å². The minimum absolute atomic E-state index is 0.250. The lowest BCUT2D eigenvalue weighted by atomic mass is 10.0. The molecule has 0 bridgehead atoms. The van der Waals surface area contributed by atoms with Crippen molar-refractivity contribution in [2.45, 2.75) is 12.5 Å². The van der Waals surface area contributed by atoms with Crippen LogP contribution < -0.4 is 15.5 Å². The number of piperazine rings is 1. The summed E-state index contributed by atoms with van der Waals surface area (Å²) in [4.78, 5) is 35.3. The Labute approximate surface area is 192 Å². The SMILES string of the molecule is CN1CCN(c2ccc(NC(=O)[C@H](Cc3ccccc3)NC(=O)c3cccs3)cn2)CC1. The van der Waals surface area contributed by atoms with Crippen LogP contribution in [-0.4, -0.2) is 61.0 Å². The Morgan fingerprint density at radius 3 is 2.47 bits per heavy atom. The molecule has 0 aliphatic carbocycles. The third kappa shape index (κ3) is 5.72. The molecule has 8 heteroatoms. The normalized spacial score (nSPS) is 15.2. The Morgan fingerprint density at radius 1 is 1.03 bits per heavy atom. The number of nitrogens with zero attached hydrogens (tertiary/aromatic N) is 3. The minimum atomic E-state index is -0.704. The number of anilines is 2. The predicted octanol–water partition coefficient (Wildman–Crippen LogP) is 2.87. The molecule has 1 fully saturated rings. The molecule has 32 heavy (non-hydrogen) atoms. The number of hydrogen-bond donors (Lipinski definition) is 2. The molecule has 2 aromatic heterocycles. The quantitative estimate of drug-likeness (QED) is 0.580. The van der Waals surface area contributed by atoms with Gasteiger partial charge in [-0.05, 0) is 36.2 Å². The second-order valence-electron chi connectivity index (χ2n) is 7.88. The van der Waals surface area contributed by atoms with Crippen LogP contribution in [-0.2, 0) is 11.2 Å². The van der Waals surface area contributed by atoms with Gasteiger partial charge in [0.2, 0.25) is 5.91 Å². The zero-order chi connectivity index (χ0) is 22.3. The van der Waals surface area contributed by atoms with E-state index in [2.05, 4.69) is 32.5 Å². The third-order valence-corrected chi connectivity index (χ3v) is 6.36. The van der Waals surface area contributed by atoms with Crippen LogP contribution in [0.3, 0.4) is 0 Å². The molecule has 0 unspecified atom stereocenters. The van der Waals surface area contributed by atoms with Gasteiger partial charge in [0, 0.05) is 32.6 Å². The Kier molecular flexibility index (Phi) is 7.14. The standard InChI is InChI=1S/C24H27N5O2S/c1-28-11-13-29(14-12-28)22-10-9-19(17-25-22)26-23(30)20(16-18-6-3-2-4-7-18)27-24(31)21-8-5-15-32-21/h2-10,15,17,20H,11-14,16H2,1H3,(H,26,30)(H,27,31)/t20-/m0/s1. The smallest absolute Gasteiger partial charge is 0.262 e. The lowest BCUT2D eigenvalue weighted by Gasteiger charge is -2.33. The molecule has 0 saturated carbocycles. The minimum Gasteiger partial charge on any atom is -0.354 e. The molecule has 2 N–H and O–H groups in total. The zero-order valence-corrected chi connectivity index (χ0v) is 18.8. The molecule has 1 atom stereocenters. The van der Waals surface area contributed by atoms with E-state index < -0.39 is 6.04 Å². The van der Waals surface area contributed by atoms with Crippen LogP contribution in [0.2, 0.25) is 0 Å². The Bertz CT molecular complexity index is 1020.